The molecule has 374 valence electrons. The average Bonchev–Trinajstić information content (AvgIpc) is 3.97. The number of carbonyl (C=O) groups excluding carboxylic acids is 3. The Kier molecular flexibility index (Phi) is 12.7. The lowest BCUT2D eigenvalue weighted by Crippen LogP contribution is -2.81. The van der Waals surface area contributed by atoms with Crippen molar-refractivity contribution < 1.29 is 77.2 Å². The lowest BCUT2D eigenvalue weighted by molar-refractivity contribution is -0.228. The highest BCUT2D eigenvalue weighted by Crippen LogP contribution is 2.68. The minimum atomic E-state index is -2.94. The lowest BCUT2D eigenvalue weighted by Gasteiger charge is -2.63. The maximum Gasteiger partial charge on any atom is 0.344 e. The molecular weight excluding hydrogens is 907 g/mol. The number of methoxy groups -OCH3 is 3. The number of halogens is 2. The third kappa shape index (κ3) is 7.30. The standard InChI is InChI=1S/C45H54F2N4O8.C4H6O6/c1-8-42-14-11-16-51-17-15-43(36(42)51)30-19-31(34(56-5)20-33(30)49(4)37(43)45(55,40(54)58-7)38(42)59-25(2)52)44(39(53)57-6)21-26-18-27(41(3,46)47)23-50(22-26)24-29-28-12-9-10-13-32(28)48-35(29)44;5-1(3(7)8)2(6)4(9)10/h9-14,19-20,26-27,36-38,48,55H,8,15-18,21-24H2,1-7H3;1-2,5-6H,(H,7,8)(H,9,10). The third-order valence-electron chi connectivity index (χ3n) is 16.1. The molecule has 9 rings (SSSR count). The van der Waals surface area contributed by atoms with Gasteiger partial charge in [-0.3, -0.25) is 19.4 Å². The van der Waals surface area contributed by atoms with Crippen molar-refractivity contribution in [2.24, 2.45) is 17.3 Å². The molecule has 1 spiro atoms. The van der Waals surface area contributed by atoms with Gasteiger partial charge in [-0.05, 0) is 68.3 Å². The van der Waals surface area contributed by atoms with Gasteiger partial charge < -0.3 is 54.4 Å². The number of carboxylic acids is 2. The van der Waals surface area contributed by atoms with E-state index in [9.17, 15) is 24.3 Å². The van der Waals surface area contributed by atoms with E-state index in [0.29, 0.717) is 61.7 Å². The molecule has 0 radical (unpaired) electrons. The molecule has 6 aliphatic rings. The highest BCUT2D eigenvalue weighted by molar-refractivity contribution is 5.95. The molecule has 1 saturated carbocycles. The van der Waals surface area contributed by atoms with Gasteiger partial charge in [-0.1, -0.05) is 37.3 Å². The van der Waals surface area contributed by atoms with E-state index in [1.807, 2.05) is 67.4 Å². The first kappa shape index (κ1) is 49.7. The second-order valence-corrected chi connectivity index (χ2v) is 19.6. The zero-order valence-corrected chi connectivity index (χ0v) is 39.5. The molecule has 2 aromatic carbocycles. The molecule has 18 nitrogen and oxygen atoms in total. The van der Waals surface area contributed by atoms with E-state index in [1.165, 1.54) is 28.3 Å². The van der Waals surface area contributed by atoms with Crippen molar-refractivity contribution in [3.05, 3.63) is 70.9 Å². The van der Waals surface area contributed by atoms with Crippen molar-refractivity contribution in [1.82, 2.24) is 14.8 Å². The molecule has 5 aliphatic heterocycles. The summed E-state index contributed by atoms with van der Waals surface area (Å²) < 4.78 is 54.3. The van der Waals surface area contributed by atoms with Crippen LogP contribution in [0.15, 0.2) is 48.6 Å². The van der Waals surface area contributed by atoms with Crippen molar-refractivity contribution in [2.45, 2.75) is 106 Å². The molecule has 1 aliphatic carbocycles. The van der Waals surface area contributed by atoms with E-state index in [1.54, 1.807) is 0 Å². The van der Waals surface area contributed by atoms with Crippen LogP contribution in [-0.4, -0.2) is 167 Å². The Morgan fingerprint density at radius 2 is 1.62 bits per heavy atom. The van der Waals surface area contributed by atoms with Gasteiger partial charge in [0.2, 0.25) is 11.5 Å². The van der Waals surface area contributed by atoms with Crippen LogP contribution in [0.25, 0.3) is 10.9 Å². The highest BCUT2D eigenvalue weighted by atomic mass is 19.3. The normalized spacial score (nSPS) is 32.9. The summed E-state index contributed by atoms with van der Waals surface area (Å²) in [5, 5.41) is 46.7. The number of aromatic nitrogens is 1. The summed E-state index contributed by atoms with van der Waals surface area (Å²) in [6.45, 7) is 6.55. The Labute approximate surface area is 396 Å². The highest BCUT2D eigenvalue weighted by Gasteiger charge is 2.80. The van der Waals surface area contributed by atoms with E-state index in [-0.39, 0.29) is 31.3 Å². The molecule has 12 unspecified atom stereocenters. The molecular formula is C49H60F2N4O14. The van der Waals surface area contributed by atoms with E-state index < -0.39 is 87.9 Å². The first-order chi connectivity index (χ1) is 32.5. The van der Waals surface area contributed by atoms with Crippen LogP contribution in [0.3, 0.4) is 0 Å². The third-order valence-corrected chi connectivity index (χ3v) is 16.1. The number of aliphatic hydroxyl groups is 3. The van der Waals surface area contributed by atoms with Crippen molar-refractivity contribution in [1.29, 1.82) is 0 Å². The monoisotopic (exact) mass is 966 g/mol. The molecule has 20 heteroatoms. The Hall–Kier alpha value is -5.67. The fraction of sp³-hybridized carbons (Fsp3) is 0.571. The minimum Gasteiger partial charge on any atom is -0.496 e. The molecule has 12 atom stereocenters. The fourth-order valence-corrected chi connectivity index (χ4v) is 13.5. The second kappa shape index (κ2) is 17.6. The Morgan fingerprint density at radius 1 is 0.957 bits per heavy atom. The number of carboxylic acid groups (broad SMARTS) is 2. The van der Waals surface area contributed by atoms with E-state index in [4.69, 9.17) is 39.4 Å². The number of aromatic amines is 1. The predicted octanol–water partition coefficient (Wildman–Crippen LogP) is 2.96. The van der Waals surface area contributed by atoms with Crippen molar-refractivity contribution in [3.63, 3.8) is 0 Å². The maximum absolute atomic E-state index is 15.3. The number of hydrogen-bond acceptors (Lipinski definition) is 15. The molecule has 2 bridgehead atoms. The molecule has 1 aromatic heterocycles. The summed E-state index contributed by atoms with van der Waals surface area (Å²) in [5.41, 5.74) is -1.64. The van der Waals surface area contributed by atoms with Crippen LogP contribution < -0.4 is 9.64 Å². The summed E-state index contributed by atoms with van der Waals surface area (Å²) in [4.78, 5) is 72.0. The Balaban J connectivity index is 0.000000579. The number of benzene rings is 2. The van der Waals surface area contributed by atoms with E-state index in [0.717, 1.165) is 29.0 Å². The number of ether oxygens (including phenoxy) is 4. The first-order valence-corrected chi connectivity index (χ1v) is 23.0. The quantitative estimate of drug-likeness (QED) is 0.0971. The number of fused-ring (bicyclic) bond motifs is 6. The number of rotatable bonds is 10. The molecule has 6 heterocycles. The first-order valence-electron chi connectivity index (χ1n) is 23.0. The lowest BCUT2D eigenvalue weighted by atomic mass is 9.47. The molecule has 3 aromatic rings. The maximum atomic E-state index is 15.3. The van der Waals surface area contributed by atoms with Crippen LogP contribution in [0.4, 0.5) is 14.5 Å². The number of hydrogen-bond donors (Lipinski definition) is 6. The number of nitrogens with one attached hydrogen (secondary N) is 1. The van der Waals surface area contributed by atoms with Crippen LogP contribution >= 0.6 is 0 Å². The number of para-hydroxylation sites is 1. The van der Waals surface area contributed by atoms with Crippen molar-refractivity contribution in [3.8, 4) is 5.75 Å². The number of piperidine rings is 1. The summed E-state index contributed by atoms with van der Waals surface area (Å²) in [7, 11) is 5.94. The Morgan fingerprint density at radius 3 is 2.22 bits per heavy atom. The molecule has 2 saturated heterocycles. The number of esters is 3. The van der Waals surface area contributed by atoms with Crippen LogP contribution in [0.2, 0.25) is 0 Å². The molecule has 3 fully saturated rings. The fourth-order valence-electron chi connectivity index (χ4n) is 13.5. The molecule has 69 heavy (non-hydrogen) atoms. The van der Waals surface area contributed by atoms with Gasteiger partial charge in [0.25, 0.3) is 0 Å². The van der Waals surface area contributed by atoms with Crippen LogP contribution in [-0.2, 0) is 55.6 Å². The summed E-state index contributed by atoms with van der Waals surface area (Å²) in [6, 6.07) is 10.3. The summed E-state index contributed by atoms with van der Waals surface area (Å²) in [5.74, 6) is -9.46. The van der Waals surface area contributed by atoms with Crippen LogP contribution in [0, 0.1) is 17.3 Å². The van der Waals surface area contributed by atoms with Gasteiger partial charge in [-0.15, -0.1) is 0 Å². The van der Waals surface area contributed by atoms with Crippen molar-refractivity contribution >= 4 is 46.4 Å². The number of aliphatic hydroxyl groups excluding tert-OH is 2. The summed E-state index contributed by atoms with van der Waals surface area (Å²) >= 11 is 0. The van der Waals surface area contributed by atoms with Gasteiger partial charge in [-0.25, -0.2) is 23.2 Å². The SMILES string of the molecule is CCC12C=CCN3CCC4(c5cc(C6(C(=O)OC)CC7CC(C(C)(F)F)CN(Cc8c6[nH]c6ccccc86)C7)c(OC)cc5N(C)C4C(O)(C(=O)OC)C1OC(C)=O)C32.O=C(O)C(O)C(O)C(=O)O. The van der Waals surface area contributed by atoms with Gasteiger partial charge in [0.1, 0.15) is 11.2 Å². The van der Waals surface area contributed by atoms with E-state index >= 15 is 13.6 Å². The van der Waals surface area contributed by atoms with Gasteiger partial charge in [0, 0.05) is 96.9 Å². The van der Waals surface area contributed by atoms with Gasteiger partial charge in [-0.2, -0.15) is 0 Å². The number of alkyl halides is 2. The Bertz CT molecular complexity index is 2580. The number of aliphatic carboxylic acids is 2. The minimum absolute atomic E-state index is 0.155. The van der Waals surface area contributed by atoms with E-state index in [2.05, 4.69) is 14.8 Å². The largest absolute Gasteiger partial charge is 0.496 e. The van der Waals surface area contributed by atoms with Gasteiger partial charge in [0.15, 0.2) is 18.3 Å². The number of likely N-dealkylation sites (N-methyl/N-ethyl adjacent to an activating group) is 1. The number of nitrogens with zero attached hydrogens (tertiary/aromatic N) is 3. The summed E-state index contributed by atoms with van der Waals surface area (Å²) in [6.07, 6.45) is -0.496. The predicted molar refractivity (Wildman–Crippen MR) is 242 cm³/mol. The zero-order valence-electron chi connectivity index (χ0n) is 39.5. The van der Waals surface area contributed by atoms with Gasteiger partial charge >= 0.3 is 29.8 Å². The van der Waals surface area contributed by atoms with Crippen molar-refractivity contribution in [2.75, 3.05) is 59.5 Å². The zero-order chi connectivity index (χ0) is 50.3. The topological polar surface area (TPSA) is 249 Å². The smallest absolute Gasteiger partial charge is 0.344 e. The average molecular weight is 967 g/mol. The number of carbonyl (C=O) groups is 5. The number of H-pyrrole nitrogens is 1. The van der Waals surface area contributed by atoms with Gasteiger partial charge in [0.05, 0.1) is 27.4 Å². The molecule has 0 amide bonds. The molecule has 6 N–H and O–H groups in total. The van der Waals surface area contributed by atoms with Crippen LogP contribution in [0.5, 0.6) is 5.75 Å². The van der Waals surface area contributed by atoms with Crippen LogP contribution in [0.1, 0.15) is 68.8 Å². The number of anilines is 1. The second-order valence-electron chi connectivity index (χ2n) is 19.6.